The molecular weight excluding hydrogens is 226 g/mol. The number of esters is 1. The first kappa shape index (κ1) is 15.5. The highest BCUT2D eigenvalue weighted by Gasteiger charge is 2.10. The van der Waals surface area contributed by atoms with Crippen molar-refractivity contribution in [2.75, 3.05) is 26.2 Å². The van der Waals surface area contributed by atoms with Crippen LogP contribution in [0.1, 0.15) is 64.7 Å². The lowest BCUT2D eigenvalue weighted by Crippen LogP contribution is -2.33. The maximum absolute atomic E-state index is 11.5. The summed E-state index contributed by atoms with van der Waals surface area (Å²) in [6, 6.07) is 0. The highest BCUT2D eigenvalue weighted by molar-refractivity contribution is 5.69. The molecule has 0 unspecified atom stereocenters. The van der Waals surface area contributed by atoms with Crippen LogP contribution in [0.15, 0.2) is 0 Å². The Morgan fingerprint density at radius 1 is 1.06 bits per heavy atom. The van der Waals surface area contributed by atoms with Crippen molar-refractivity contribution in [2.24, 2.45) is 0 Å². The summed E-state index contributed by atoms with van der Waals surface area (Å²) in [5.41, 5.74) is 0. The van der Waals surface area contributed by atoms with Crippen molar-refractivity contribution in [1.29, 1.82) is 0 Å². The van der Waals surface area contributed by atoms with Crippen molar-refractivity contribution in [3.05, 3.63) is 0 Å². The molecule has 0 radical (unpaired) electrons. The minimum atomic E-state index is -0.0106. The smallest absolute Gasteiger partial charge is 0.305 e. The quantitative estimate of drug-likeness (QED) is 0.467. The molecule has 1 aliphatic heterocycles. The van der Waals surface area contributed by atoms with Crippen LogP contribution >= 0.6 is 0 Å². The summed E-state index contributed by atoms with van der Waals surface area (Å²) in [4.78, 5) is 13.9. The fraction of sp³-hybridized carbons (Fsp3) is 0.933. The van der Waals surface area contributed by atoms with E-state index in [0.717, 1.165) is 19.4 Å². The molecular formula is C15H29NO2. The molecule has 3 heteroatoms. The number of ether oxygens (including phenoxy) is 1. The van der Waals surface area contributed by atoms with E-state index in [9.17, 15) is 4.79 Å². The van der Waals surface area contributed by atoms with Crippen LogP contribution in [0.2, 0.25) is 0 Å². The largest absolute Gasteiger partial charge is 0.464 e. The van der Waals surface area contributed by atoms with Crippen molar-refractivity contribution in [3.63, 3.8) is 0 Å². The number of nitrogens with zero attached hydrogens (tertiary/aromatic N) is 1. The van der Waals surface area contributed by atoms with Crippen molar-refractivity contribution in [2.45, 2.75) is 64.7 Å². The van der Waals surface area contributed by atoms with Crippen LogP contribution in [-0.2, 0) is 9.53 Å². The molecule has 0 bridgehead atoms. The third kappa shape index (κ3) is 7.70. The van der Waals surface area contributed by atoms with Crippen LogP contribution in [0, 0.1) is 0 Å². The molecule has 0 N–H and O–H groups in total. The van der Waals surface area contributed by atoms with Crippen molar-refractivity contribution < 1.29 is 9.53 Å². The predicted octanol–water partition coefficient (Wildman–Crippen LogP) is 3.38. The Bertz CT molecular complexity index is 213. The van der Waals surface area contributed by atoms with Crippen LogP contribution in [0.3, 0.4) is 0 Å². The second-order valence-electron chi connectivity index (χ2n) is 5.29. The molecule has 0 spiro atoms. The van der Waals surface area contributed by atoms with Gasteiger partial charge in [0.1, 0.15) is 6.61 Å². The van der Waals surface area contributed by atoms with Gasteiger partial charge in [-0.15, -0.1) is 0 Å². The molecule has 1 heterocycles. The van der Waals surface area contributed by atoms with Gasteiger partial charge in [0.2, 0.25) is 0 Å². The third-order valence-corrected chi connectivity index (χ3v) is 3.60. The molecule has 0 aromatic rings. The molecule has 0 aromatic heterocycles. The van der Waals surface area contributed by atoms with Crippen LogP contribution in [0.4, 0.5) is 0 Å². The van der Waals surface area contributed by atoms with Gasteiger partial charge in [-0.2, -0.15) is 0 Å². The van der Waals surface area contributed by atoms with E-state index in [1.165, 1.54) is 51.6 Å². The van der Waals surface area contributed by atoms with E-state index in [4.69, 9.17) is 4.74 Å². The van der Waals surface area contributed by atoms with Crippen molar-refractivity contribution in [1.82, 2.24) is 4.90 Å². The molecule has 1 aliphatic rings. The van der Waals surface area contributed by atoms with E-state index < -0.39 is 0 Å². The number of piperidine rings is 1. The topological polar surface area (TPSA) is 29.5 Å². The van der Waals surface area contributed by atoms with E-state index in [1.54, 1.807) is 0 Å². The van der Waals surface area contributed by atoms with Crippen LogP contribution in [0.25, 0.3) is 0 Å². The molecule has 1 saturated heterocycles. The second kappa shape index (κ2) is 10.4. The van der Waals surface area contributed by atoms with Gasteiger partial charge in [0.05, 0.1) is 0 Å². The first-order valence-corrected chi connectivity index (χ1v) is 7.71. The van der Waals surface area contributed by atoms with Gasteiger partial charge < -0.3 is 4.74 Å². The van der Waals surface area contributed by atoms with E-state index in [2.05, 4.69) is 11.8 Å². The number of hydrogen-bond acceptors (Lipinski definition) is 3. The Hall–Kier alpha value is -0.570. The molecule has 0 aromatic carbocycles. The lowest BCUT2D eigenvalue weighted by atomic mass is 10.1. The molecule has 0 aliphatic carbocycles. The molecule has 0 amide bonds. The Labute approximate surface area is 112 Å². The number of hydrogen-bond donors (Lipinski definition) is 0. The molecule has 106 valence electrons. The second-order valence-corrected chi connectivity index (χ2v) is 5.29. The van der Waals surface area contributed by atoms with Crippen molar-refractivity contribution in [3.8, 4) is 0 Å². The van der Waals surface area contributed by atoms with Crippen LogP contribution < -0.4 is 0 Å². The Morgan fingerprint density at radius 3 is 2.50 bits per heavy atom. The Kier molecular flexibility index (Phi) is 8.92. The number of carbonyl (C=O) groups is 1. The van der Waals surface area contributed by atoms with Gasteiger partial charge in [-0.05, 0) is 32.4 Å². The zero-order valence-corrected chi connectivity index (χ0v) is 12.0. The summed E-state index contributed by atoms with van der Waals surface area (Å²) in [5, 5.41) is 0. The average molecular weight is 255 g/mol. The Morgan fingerprint density at radius 2 is 1.78 bits per heavy atom. The highest BCUT2D eigenvalue weighted by Crippen LogP contribution is 2.08. The molecule has 1 rings (SSSR count). The van der Waals surface area contributed by atoms with Gasteiger partial charge in [0.15, 0.2) is 0 Å². The van der Waals surface area contributed by atoms with Gasteiger partial charge >= 0.3 is 5.97 Å². The van der Waals surface area contributed by atoms with Gasteiger partial charge in [-0.25, -0.2) is 0 Å². The van der Waals surface area contributed by atoms with E-state index in [0.29, 0.717) is 13.0 Å². The maximum Gasteiger partial charge on any atom is 0.305 e. The van der Waals surface area contributed by atoms with Crippen LogP contribution in [-0.4, -0.2) is 37.1 Å². The number of likely N-dealkylation sites (tertiary alicyclic amines) is 1. The molecule has 0 atom stereocenters. The lowest BCUT2D eigenvalue weighted by Gasteiger charge is -2.25. The minimum absolute atomic E-state index is 0.0106. The predicted molar refractivity (Wildman–Crippen MR) is 74.6 cm³/mol. The SMILES string of the molecule is CCCCCCCC(=O)OCCN1CCCCC1. The number of unbranched alkanes of at least 4 members (excludes halogenated alkanes) is 4. The summed E-state index contributed by atoms with van der Waals surface area (Å²) in [5.74, 6) is -0.0106. The normalized spacial score (nSPS) is 16.7. The summed E-state index contributed by atoms with van der Waals surface area (Å²) in [6.45, 7) is 6.05. The fourth-order valence-corrected chi connectivity index (χ4v) is 2.42. The summed E-state index contributed by atoms with van der Waals surface area (Å²) < 4.78 is 5.27. The van der Waals surface area contributed by atoms with Gasteiger partial charge in [-0.3, -0.25) is 9.69 Å². The molecule has 18 heavy (non-hydrogen) atoms. The summed E-state index contributed by atoms with van der Waals surface area (Å²) >= 11 is 0. The van der Waals surface area contributed by atoms with E-state index in [1.807, 2.05) is 0 Å². The standard InChI is InChI=1S/C15H29NO2/c1-2-3-4-5-7-10-15(17)18-14-13-16-11-8-6-9-12-16/h2-14H2,1H3. The fourth-order valence-electron chi connectivity index (χ4n) is 2.42. The monoisotopic (exact) mass is 255 g/mol. The minimum Gasteiger partial charge on any atom is -0.464 e. The van der Waals surface area contributed by atoms with E-state index >= 15 is 0 Å². The lowest BCUT2D eigenvalue weighted by molar-refractivity contribution is -0.144. The van der Waals surface area contributed by atoms with Gasteiger partial charge in [0.25, 0.3) is 0 Å². The highest BCUT2D eigenvalue weighted by atomic mass is 16.5. The van der Waals surface area contributed by atoms with E-state index in [-0.39, 0.29) is 5.97 Å². The summed E-state index contributed by atoms with van der Waals surface area (Å²) in [7, 11) is 0. The average Bonchev–Trinajstić information content (AvgIpc) is 2.40. The first-order valence-electron chi connectivity index (χ1n) is 7.71. The first-order chi connectivity index (χ1) is 8.83. The maximum atomic E-state index is 11.5. The third-order valence-electron chi connectivity index (χ3n) is 3.60. The molecule has 3 nitrogen and oxygen atoms in total. The van der Waals surface area contributed by atoms with Crippen LogP contribution in [0.5, 0.6) is 0 Å². The number of carbonyl (C=O) groups excluding carboxylic acids is 1. The van der Waals surface area contributed by atoms with Gasteiger partial charge in [0, 0.05) is 13.0 Å². The van der Waals surface area contributed by atoms with Crippen molar-refractivity contribution >= 4 is 5.97 Å². The molecule has 1 fully saturated rings. The summed E-state index contributed by atoms with van der Waals surface area (Å²) in [6.07, 6.45) is 10.5. The molecule has 0 saturated carbocycles. The number of rotatable bonds is 9. The van der Waals surface area contributed by atoms with Gasteiger partial charge in [-0.1, -0.05) is 39.0 Å². The zero-order valence-electron chi connectivity index (χ0n) is 12.0. The Balaban J connectivity index is 1.89. The zero-order chi connectivity index (χ0) is 13.1.